The van der Waals surface area contributed by atoms with Gasteiger partial charge in [-0.2, -0.15) is 0 Å². The van der Waals surface area contributed by atoms with Crippen molar-refractivity contribution in [3.63, 3.8) is 0 Å². The molecule has 0 aliphatic carbocycles. The van der Waals surface area contributed by atoms with Crippen LogP contribution in [0.15, 0.2) is 0 Å². The molecule has 0 bridgehead atoms. The molecule has 6 aliphatic rings. The maximum absolute atomic E-state index is 4.95. The van der Waals surface area contributed by atoms with Gasteiger partial charge in [-0.3, -0.25) is 0 Å². The monoisotopic (exact) mass is 977 g/mol. The predicted octanol–water partition coefficient (Wildman–Crippen LogP) is 11.0. The molecule has 6 rings (SSSR count). The summed E-state index contributed by atoms with van der Waals surface area (Å²) in [5.74, 6) is 0. The SMILES string of the molecule is C1CCOC1.C1CCOC1.C1CCOC1.C1CCOC1.C1CCOC1.C1CCOC1.[Cl][V]([Cl])[Cl].[Cl][V][Cl].[Cl][Zn][Cl].[Cl][Zn][Cl]. The van der Waals surface area contributed by atoms with Gasteiger partial charge in [0.1, 0.15) is 0 Å². The minimum atomic E-state index is -1.77. The standard InChI is InChI=1S/6C4H8O.9ClH.2V.2Zn/c6*1-2-4-5-3-1;;;;;;;;;;;;;/h6*1-4H2;9*1H;;;;/q;;;;;;;;;;;;;;;+2;+3;2*+2/p-9. The van der Waals surface area contributed by atoms with E-state index in [1.807, 2.05) is 0 Å². The summed E-state index contributed by atoms with van der Waals surface area (Å²) in [5, 5.41) is 0. The Morgan fingerprint density at radius 1 is 0.349 bits per heavy atom. The number of hydrogen-bond donors (Lipinski definition) is 0. The summed E-state index contributed by atoms with van der Waals surface area (Å²) in [6.07, 6.45) is 15.3. The fraction of sp³-hybridized carbons (Fsp3) is 1.00. The second-order valence-electron chi connectivity index (χ2n) is 8.37. The van der Waals surface area contributed by atoms with E-state index < -0.39 is 42.6 Å². The molecule has 0 aromatic rings. The molecule has 6 nitrogen and oxygen atoms in total. The van der Waals surface area contributed by atoms with Gasteiger partial charge in [0, 0.05) is 79.3 Å². The topological polar surface area (TPSA) is 55.4 Å². The Morgan fingerprint density at radius 2 is 0.419 bits per heavy atom. The fourth-order valence-corrected chi connectivity index (χ4v) is 3.06. The summed E-state index contributed by atoms with van der Waals surface area (Å²) in [6.45, 7) is 12.0. The fourth-order valence-electron chi connectivity index (χ4n) is 3.06. The molecule has 0 aromatic carbocycles. The van der Waals surface area contributed by atoms with Crippen LogP contribution in [0.5, 0.6) is 0 Å². The first kappa shape index (κ1) is 54.6. The van der Waals surface area contributed by atoms with Crippen LogP contribution in [0.3, 0.4) is 0 Å². The van der Waals surface area contributed by atoms with E-state index in [2.05, 4.69) is 0 Å². The van der Waals surface area contributed by atoms with Crippen molar-refractivity contribution in [1.29, 1.82) is 0 Å². The van der Waals surface area contributed by atoms with Gasteiger partial charge in [-0.25, -0.2) is 0 Å². The van der Waals surface area contributed by atoms with E-state index in [0.717, 1.165) is 79.3 Å². The molecule has 43 heavy (non-hydrogen) atoms. The van der Waals surface area contributed by atoms with Gasteiger partial charge in [0.05, 0.1) is 0 Å². The first-order valence-electron chi connectivity index (χ1n) is 14.4. The number of ether oxygens (including phenoxy) is 6. The molecule has 0 spiro atoms. The molecule has 6 aliphatic heterocycles. The van der Waals surface area contributed by atoms with Crippen molar-refractivity contribution in [1.82, 2.24) is 0 Å². The Hall–Kier alpha value is 4.79. The number of hydrogen-bond acceptors (Lipinski definition) is 6. The van der Waals surface area contributed by atoms with Gasteiger partial charge in [0.25, 0.3) is 0 Å². The van der Waals surface area contributed by atoms with Crippen LogP contribution >= 0.6 is 88.0 Å². The van der Waals surface area contributed by atoms with Gasteiger partial charge in [-0.05, 0) is 77.0 Å². The van der Waals surface area contributed by atoms with Crippen LogP contribution in [0.1, 0.15) is 77.0 Å². The summed E-state index contributed by atoms with van der Waals surface area (Å²) >= 11 is -4.00. The molecule has 0 radical (unpaired) electrons. The Balaban J connectivity index is -0.000000198. The van der Waals surface area contributed by atoms with Crippen LogP contribution in [0, 0.1) is 0 Å². The van der Waals surface area contributed by atoms with E-state index in [4.69, 9.17) is 116 Å². The second-order valence-corrected chi connectivity index (χ2v) is 26.8. The second kappa shape index (κ2) is 59.0. The molecular weight excluding hydrogens is 936 g/mol. The maximum atomic E-state index is 4.95. The Kier molecular flexibility index (Phi) is 74.8. The molecule has 0 unspecified atom stereocenters. The van der Waals surface area contributed by atoms with Gasteiger partial charge in [0.15, 0.2) is 0 Å². The molecule has 6 fully saturated rings. The predicted molar refractivity (Wildman–Crippen MR) is 173 cm³/mol. The van der Waals surface area contributed by atoms with Crippen molar-refractivity contribution in [3.8, 4) is 0 Å². The van der Waals surface area contributed by atoms with Crippen molar-refractivity contribution in [2.45, 2.75) is 77.0 Å². The van der Waals surface area contributed by atoms with E-state index >= 15 is 0 Å². The van der Waals surface area contributed by atoms with E-state index in [0.29, 0.717) is 0 Å². The van der Waals surface area contributed by atoms with Crippen molar-refractivity contribution in [2.24, 2.45) is 0 Å². The summed E-state index contributed by atoms with van der Waals surface area (Å²) < 4.78 is 29.7. The Morgan fingerprint density at radius 3 is 0.442 bits per heavy atom. The zero-order valence-electron chi connectivity index (χ0n) is 25.1. The number of halogens is 9. The molecule has 0 amide bonds. The van der Waals surface area contributed by atoms with Gasteiger partial charge in [-0.1, -0.05) is 0 Å². The molecule has 0 N–H and O–H groups in total. The summed E-state index contributed by atoms with van der Waals surface area (Å²) in [4.78, 5) is 0. The normalized spacial score (nSPS) is 18.4. The molecule has 257 valence electrons. The Bertz CT molecular complexity index is 291. The van der Waals surface area contributed by atoms with Gasteiger partial charge in [-0.15, -0.1) is 0 Å². The van der Waals surface area contributed by atoms with E-state index in [9.17, 15) is 0 Å². The van der Waals surface area contributed by atoms with Gasteiger partial charge in [0.2, 0.25) is 0 Å². The van der Waals surface area contributed by atoms with Crippen molar-refractivity contribution in [2.75, 3.05) is 79.3 Å². The van der Waals surface area contributed by atoms with Crippen LogP contribution in [0.25, 0.3) is 0 Å². The molecule has 19 heteroatoms. The third kappa shape index (κ3) is 77.6. The molecule has 0 aromatic heterocycles. The molecule has 0 saturated carbocycles. The molecular formula is C24H48Cl9O6V2Zn2. The minimum absolute atomic E-state index is 0.368. The summed E-state index contributed by atoms with van der Waals surface area (Å²) in [6, 6.07) is 0. The van der Waals surface area contributed by atoms with Crippen LogP contribution in [0.4, 0.5) is 0 Å². The quantitative estimate of drug-likeness (QED) is 0.226. The van der Waals surface area contributed by atoms with Crippen molar-refractivity contribution >= 4 is 88.0 Å². The van der Waals surface area contributed by atoms with Gasteiger partial charge < -0.3 is 28.4 Å². The number of rotatable bonds is 0. The third-order valence-corrected chi connectivity index (χ3v) is 4.96. The summed E-state index contributed by atoms with van der Waals surface area (Å²) in [7, 11) is 44.4. The molecule has 6 saturated heterocycles. The van der Waals surface area contributed by atoms with Crippen LogP contribution < -0.4 is 0 Å². The molecule has 6 heterocycles. The van der Waals surface area contributed by atoms with E-state index in [1.54, 1.807) is 0 Å². The van der Waals surface area contributed by atoms with Crippen LogP contribution in [-0.2, 0) is 85.4 Å². The van der Waals surface area contributed by atoms with E-state index in [1.165, 1.54) is 77.0 Å². The third-order valence-electron chi connectivity index (χ3n) is 4.96. The average Bonchev–Trinajstić information content (AvgIpc) is 3.86. The average molecular weight is 984 g/mol. The first-order valence-corrected chi connectivity index (χ1v) is 39.6. The first-order chi connectivity index (χ1) is 21.0. The van der Waals surface area contributed by atoms with Crippen LogP contribution in [-0.4, -0.2) is 79.3 Å². The summed E-state index contributed by atoms with van der Waals surface area (Å²) in [5.41, 5.74) is 0. The van der Waals surface area contributed by atoms with Crippen molar-refractivity contribution < 1.29 is 85.4 Å². The van der Waals surface area contributed by atoms with Crippen molar-refractivity contribution in [3.05, 3.63) is 0 Å². The van der Waals surface area contributed by atoms with Gasteiger partial charge >= 0.3 is 145 Å². The van der Waals surface area contributed by atoms with Crippen LogP contribution in [0.2, 0.25) is 0 Å². The zero-order chi connectivity index (χ0) is 32.9. The van der Waals surface area contributed by atoms with E-state index in [-0.39, 0.29) is 14.4 Å². The zero-order valence-corrected chi connectivity index (χ0v) is 40.7. The Labute approximate surface area is 325 Å². The molecule has 0 atom stereocenters.